The van der Waals surface area contributed by atoms with E-state index in [4.69, 9.17) is 16.3 Å². The number of likely N-dealkylation sites (tertiary alicyclic amines) is 1. The maximum Gasteiger partial charge on any atom is 0.335 e. The van der Waals surface area contributed by atoms with Gasteiger partial charge in [0.2, 0.25) is 5.91 Å². The first-order chi connectivity index (χ1) is 18.1. The van der Waals surface area contributed by atoms with Gasteiger partial charge in [-0.15, -0.1) is 0 Å². The maximum absolute atomic E-state index is 13.9. The number of phenolic OH excluding ortho intramolecular Hbond substituents is 1. The highest BCUT2D eigenvalue weighted by atomic mass is 35.5. The fourth-order valence-corrected chi connectivity index (χ4v) is 7.72. The third-order valence-corrected chi connectivity index (χ3v) is 9.73. The van der Waals surface area contributed by atoms with E-state index in [1.54, 1.807) is 6.07 Å². The van der Waals surface area contributed by atoms with Crippen LogP contribution in [0.4, 0.5) is 5.69 Å². The predicted molar refractivity (Wildman–Crippen MR) is 136 cm³/mol. The minimum Gasteiger partial charge on any atom is -0.504 e. The molecular formula is C28H27ClN2O7. The number of Topliss-reactive ketones (excluding diaryl/α,β-unsaturated/α-hetero) is 1. The number of carboxylic acids is 1. The molecule has 38 heavy (non-hydrogen) atoms. The van der Waals surface area contributed by atoms with E-state index < -0.39 is 40.7 Å². The Balaban J connectivity index is 1.28. The Labute approximate surface area is 223 Å². The number of anilines is 1. The number of ketones is 1. The molecule has 3 aliphatic carbocycles. The number of carbonyl (C=O) groups is 3. The van der Waals surface area contributed by atoms with Crippen molar-refractivity contribution in [3.8, 4) is 11.5 Å². The van der Waals surface area contributed by atoms with Gasteiger partial charge >= 0.3 is 5.97 Å². The number of halogens is 1. The zero-order valence-electron chi connectivity index (χ0n) is 20.4. The second-order valence-electron chi connectivity index (χ2n) is 11.4. The molecule has 1 spiro atoms. The van der Waals surface area contributed by atoms with Crippen LogP contribution in [0.5, 0.6) is 11.5 Å². The molecule has 2 aromatic carbocycles. The number of carboxylic acid groups (broad SMARTS) is 1. The summed E-state index contributed by atoms with van der Waals surface area (Å²) in [4.78, 5) is 41.0. The number of hydrogen-bond acceptors (Lipinski definition) is 7. The number of hydrogen-bond donors (Lipinski definition) is 4. The zero-order valence-corrected chi connectivity index (χ0v) is 21.2. The lowest BCUT2D eigenvalue weighted by molar-refractivity contribution is -0.197. The first-order valence-electron chi connectivity index (χ1n) is 13.0. The Kier molecular flexibility index (Phi) is 5.00. The number of aliphatic hydroxyl groups is 1. The van der Waals surface area contributed by atoms with E-state index in [1.165, 1.54) is 18.2 Å². The van der Waals surface area contributed by atoms with Crippen molar-refractivity contribution in [3.05, 3.63) is 52.0 Å². The van der Waals surface area contributed by atoms with E-state index in [9.17, 15) is 29.7 Å². The topological polar surface area (TPSA) is 136 Å². The number of amides is 1. The predicted octanol–water partition coefficient (Wildman–Crippen LogP) is 2.74. The standard InChI is InChI=1S/C28H27ClN2O7/c29-17-9-15(26(35)36)3-5-18(17)30-25(34)16-11-28(37)20-10-14-4-6-19(32)23-21(14)27(28,24(38-23)22(16)33)7-8-31(20)12-13-1-2-13/h3-6,9,13,16,20,24,32,37H,1-2,7-8,10-12H2,(H,30,34)(H,35,36)/t16?,20-,24+,27+,28-/m1/s1. The van der Waals surface area contributed by atoms with Crippen LogP contribution in [0.3, 0.4) is 0 Å². The maximum atomic E-state index is 13.9. The van der Waals surface area contributed by atoms with E-state index in [2.05, 4.69) is 10.2 Å². The van der Waals surface area contributed by atoms with Gasteiger partial charge in [-0.1, -0.05) is 17.7 Å². The van der Waals surface area contributed by atoms with Crippen molar-refractivity contribution in [1.29, 1.82) is 0 Å². The summed E-state index contributed by atoms with van der Waals surface area (Å²) in [5.74, 6) is -2.68. The smallest absolute Gasteiger partial charge is 0.335 e. The Bertz CT molecular complexity index is 1420. The van der Waals surface area contributed by atoms with Gasteiger partial charge in [0, 0.05) is 18.2 Å². The third kappa shape index (κ3) is 3.09. The first kappa shape index (κ1) is 23.9. The molecule has 10 heteroatoms. The molecule has 1 amide bonds. The molecule has 7 rings (SSSR count). The van der Waals surface area contributed by atoms with Gasteiger partial charge in [0.1, 0.15) is 5.92 Å². The fourth-order valence-electron chi connectivity index (χ4n) is 7.49. The Morgan fingerprint density at radius 1 is 1.21 bits per heavy atom. The highest BCUT2D eigenvalue weighted by Crippen LogP contribution is 2.65. The van der Waals surface area contributed by atoms with Crippen molar-refractivity contribution in [2.24, 2.45) is 11.8 Å². The molecule has 198 valence electrons. The summed E-state index contributed by atoms with van der Waals surface area (Å²) in [7, 11) is 0. The van der Waals surface area contributed by atoms with Gasteiger partial charge in [-0.2, -0.15) is 0 Å². The SMILES string of the molecule is O=C(O)c1ccc(NC(=O)C2C[C@@]3(O)[C@H]4Cc5ccc(O)c6c5[C@@]3(CCN4CC3CC3)[C@@H](O6)C2=O)c(Cl)c1. The number of carbonyl (C=O) groups excluding carboxylic acids is 2. The summed E-state index contributed by atoms with van der Waals surface area (Å²) in [6, 6.07) is 7.07. The molecular weight excluding hydrogens is 512 g/mol. The number of aromatic hydroxyl groups is 1. The number of nitrogens with one attached hydrogen (secondary N) is 1. The number of rotatable bonds is 5. The molecule has 9 nitrogen and oxygen atoms in total. The van der Waals surface area contributed by atoms with Crippen LogP contribution in [0, 0.1) is 11.8 Å². The van der Waals surface area contributed by atoms with E-state index in [0.29, 0.717) is 30.9 Å². The van der Waals surface area contributed by atoms with Crippen molar-refractivity contribution in [2.75, 3.05) is 18.4 Å². The Morgan fingerprint density at radius 3 is 2.71 bits per heavy atom. The molecule has 5 atom stereocenters. The van der Waals surface area contributed by atoms with Crippen LogP contribution in [-0.4, -0.2) is 68.7 Å². The number of ether oxygens (including phenoxy) is 1. The second-order valence-corrected chi connectivity index (χ2v) is 11.8. The molecule has 0 radical (unpaired) electrons. The lowest BCUT2D eigenvalue weighted by Gasteiger charge is -2.63. The molecule has 0 aromatic heterocycles. The lowest BCUT2D eigenvalue weighted by Crippen LogP contribution is -2.78. The summed E-state index contributed by atoms with van der Waals surface area (Å²) in [6.07, 6.45) is 2.17. The van der Waals surface area contributed by atoms with Crippen molar-refractivity contribution in [2.45, 2.75) is 55.3 Å². The minimum atomic E-state index is -1.43. The quantitative estimate of drug-likeness (QED) is 0.427. The van der Waals surface area contributed by atoms with E-state index in [-0.39, 0.29) is 40.2 Å². The van der Waals surface area contributed by atoms with Gasteiger partial charge in [0.25, 0.3) is 0 Å². The number of piperidine rings is 1. The van der Waals surface area contributed by atoms with E-state index >= 15 is 0 Å². The summed E-state index contributed by atoms with van der Waals surface area (Å²) in [6.45, 7) is 1.57. The molecule has 2 aromatic rings. The van der Waals surface area contributed by atoms with Gasteiger partial charge in [0.05, 0.1) is 27.3 Å². The van der Waals surface area contributed by atoms with Crippen molar-refractivity contribution >= 4 is 34.9 Å². The average molecular weight is 539 g/mol. The van der Waals surface area contributed by atoms with Crippen LogP contribution in [0.1, 0.15) is 47.2 Å². The minimum absolute atomic E-state index is 0.0286. The molecule has 2 bridgehead atoms. The van der Waals surface area contributed by atoms with Gasteiger partial charge in [-0.3, -0.25) is 14.5 Å². The van der Waals surface area contributed by atoms with E-state index in [1.807, 2.05) is 6.07 Å². The Morgan fingerprint density at radius 2 is 2.00 bits per heavy atom. The zero-order chi connectivity index (χ0) is 26.6. The van der Waals surface area contributed by atoms with Crippen molar-refractivity contribution in [3.63, 3.8) is 0 Å². The molecule has 1 saturated heterocycles. The van der Waals surface area contributed by atoms with Gasteiger partial charge < -0.3 is 25.4 Å². The highest BCUT2D eigenvalue weighted by Gasteiger charge is 2.75. The molecule has 2 aliphatic heterocycles. The normalized spacial score (nSPS) is 32.9. The van der Waals surface area contributed by atoms with Gasteiger partial charge in [-0.25, -0.2) is 4.79 Å². The van der Waals surface area contributed by atoms with Gasteiger partial charge in [0.15, 0.2) is 23.4 Å². The second kappa shape index (κ2) is 7.94. The Hall–Kier alpha value is -3.14. The van der Waals surface area contributed by atoms with Crippen molar-refractivity contribution in [1.82, 2.24) is 4.90 Å². The van der Waals surface area contributed by atoms with Crippen molar-refractivity contribution < 1.29 is 34.4 Å². The third-order valence-electron chi connectivity index (χ3n) is 9.42. The molecule has 2 heterocycles. The number of benzene rings is 2. The van der Waals surface area contributed by atoms with Crippen LogP contribution < -0.4 is 10.1 Å². The lowest BCUT2D eigenvalue weighted by atomic mass is 9.47. The summed E-state index contributed by atoms with van der Waals surface area (Å²) >= 11 is 6.23. The molecule has 5 aliphatic rings. The monoisotopic (exact) mass is 538 g/mol. The number of nitrogens with zero attached hydrogens (tertiary/aromatic N) is 1. The fraction of sp³-hybridized carbons (Fsp3) is 0.464. The van der Waals surface area contributed by atoms with Crippen LogP contribution >= 0.6 is 11.6 Å². The van der Waals surface area contributed by atoms with Gasteiger partial charge in [-0.05, 0) is 74.4 Å². The van der Waals surface area contributed by atoms with Crippen LogP contribution in [0.2, 0.25) is 5.02 Å². The number of aromatic carboxylic acids is 1. The molecule has 1 unspecified atom stereocenters. The van der Waals surface area contributed by atoms with Crippen LogP contribution in [0.25, 0.3) is 0 Å². The summed E-state index contributed by atoms with van der Waals surface area (Å²) in [5, 5.41) is 35.2. The largest absolute Gasteiger partial charge is 0.504 e. The molecule has 3 fully saturated rings. The average Bonchev–Trinajstić information content (AvgIpc) is 3.62. The van der Waals surface area contributed by atoms with Crippen LogP contribution in [-0.2, 0) is 21.4 Å². The van der Waals surface area contributed by atoms with E-state index in [0.717, 1.165) is 24.9 Å². The van der Waals surface area contributed by atoms with Crippen LogP contribution in [0.15, 0.2) is 30.3 Å². The molecule has 2 saturated carbocycles. The summed E-state index contributed by atoms with van der Waals surface area (Å²) < 4.78 is 6.16. The summed E-state index contributed by atoms with van der Waals surface area (Å²) in [5.41, 5.74) is -0.631. The molecule has 4 N–H and O–H groups in total. The highest BCUT2D eigenvalue weighted by molar-refractivity contribution is 6.34. The first-order valence-corrected chi connectivity index (χ1v) is 13.4. The number of phenols is 1.